The molecular weight excluding hydrogens is 307 g/mol. The van der Waals surface area contributed by atoms with Crippen molar-refractivity contribution in [3.63, 3.8) is 0 Å². The molecule has 2 amide bonds. The Hall–Kier alpha value is -2.56. The molecule has 0 aliphatic heterocycles. The lowest BCUT2D eigenvalue weighted by molar-refractivity contribution is 0.236. The summed E-state index contributed by atoms with van der Waals surface area (Å²) in [7, 11) is 1.63. The van der Waals surface area contributed by atoms with Gasteiger partial charge in [0.1, 0.15) is 11.6 Å². The number of carbonyl (C=O) groups excluding carboxylic acids is 1. The minimum atomic E-state index is -0.283. The summed E-state index contributed by atoms with van der Waals surface area (Å²) in [6.45, 7) is 0.394. The first-order valence-electron chi connectivity index (χ1n) is 8.07. The van der Waals surface area contributed by atoms with Crippen LogP contribution >= 0.6 is 0 Å². The van der Waals surface area contributed by atoms with Crippen molar-refractivity contribution in [2.24, 2.45) is 0 Å². The topological polar surface area (TPSA) is 50.4 Å². The highest BCUT2D eigenvalue weighted by Gasteiger charge is 2.45. The van der Waals surface area contributed by atoms with Crippen molar-refractivity contribution >= 4 is 6.03 Å². The van der Waals surface area contributed by atoms with Crippen LogP contribution in [0, 0.1) is 5.82 Å². The van der Waals surface area contributed by atoms with E-state index in [1.165, 1.54) is 6.07 Å². The molecule has 5 heteroatoms. The molecule has 1 aliphatic carbocycles. The molecule has 0 unspecified atom stereocenters. The number of hydrogen-bond donors (Lipinski definition) is 2. The smallest absolute Gasteiger partial charge is 0.315 e. The molecule has 2 aromatic rings. The number of benzene rings is 2. The predicted octanol–water partition coefficient (Wildman–Crippen LogP) is 3.37. The largest absolute Gasteiger partial charge is 0.497 e. The van der Waals surface area contributed by atoms with E-state index in [0.29, 0.717) is 18.5 Å². The molecule has 3 rings (SSSR count). The number of methoxy groups -OCH3 is 1. The fourth-order valence-corrected chi connectivity index (χ4v) is 2.79. The summed E-state index contributed by atoms with van der Waals surface area (Å²) in [6.07, 6.45) is 2.30. The second kappa shape index (κ2) is 6.91. The molecular formula is C19H21FN2O2. The summed E-state index contributed by atoms with van der Waals surface area (Å²) in [5.41, 5.74) is 1.40. The molecule has 126 valence electrons. The van der Waals surface area contributed by atoms with E-state index in [1.54, 1.807) is 25.3 Å². The van der Waals surface area contributed by atoms with Crippen LogP contribution in [-0.2, 0) is 12.0 Å². The van der Waals surface area contributed by atoms with Crippen LogP contribution in [0.3, 0.4) is 0 Å². The molecule has 2 aromatic carbocycles. The summed E-state index contributed by atoms with van der Waals surface area (Å²) in [6, 6.07) is 14.1. The third-order valence-corrected chi connectivity index (χ3v) is 4.38. The van der Waals surface area contributed by atoms with E-state index in [2.05, 4.69) is 10.6 Å². The molecule has 0 aromatic heterocycles. The maximum absolute atomic E-state index is 13.5. The standard InChI is InChI=1S/C19H21FN2O2/c1-24-16-8-6-15(7-9-16)19(11-12-19)22-18(23)21-13-10-14-4-2-3-5-17(14)20/h2-9H,10-13H2,1H3,(H2,21,22,23). The Morgan fingerprint density at radius 2 is 1.88 bits per heavy atom. The first-order chi connectivity index (χ1) is 11.6. The first-order valence-corrected chi connectivity index (χ1v) is 8.07. The minimum absolute atomic E-state index is 0.223. The van der Waals surface area contributed by atoms with Gasteiger partial charge in [0, 0.05) is 6.54 Å². The van der Waals surface area contributed by atoms with Crippen LogP contribution < -0.4 is 15.4 Å². The highest BCUT2D eigenvalue weighted by molar-refractivity contribution is 5.75. The number of ether oxygens (including phenoxy) is 1. The monoisotopic (exact) mass is 328 g/mol. The molecule has 0 atom stereocenters. The number of amides is 2. The van der Waals surface area contributed by atoms with Crippen molar-refractivity contribution in [2.75, 3.05) is 13.7 Å². The molecule has 1 aliphatic rings. The summed E-state index contributed by atoms with van der Waals surface area (Å²) >= 11 is 0. The minimum Gasteiger partial charge on any atom is -0.497 e. The van der Waals surface area contributed by atoms with Crippen molar-refractivity contribution in [1.29, 1.82) is 0 Å². The second-order valence-electron chi connectivity index (χ2n) is 6.03. The molecule has 24 heavy (non-hydrogen) atoms. The van der Waals surface area contributed by atoms with E-state index in [9.17, 15) is 9.18 Å². The first kappa shape index (κ1) is 16.3. The Kier molecular flexibility index (Phi) is 4.69. The second-order valence-corrected chi connectivity index (χ2v) is 6.03. The Bertz CT molecular complexity index is 712. The van der Waals surface area contributed by atoms with Gasteiger partial charge in [-0.15, -0.1) is 0 Å². The van der Waals surface area contributed by atoms with Crippen LogP contribution in [0.1, 0.15) is 24.0 Å². The van der Waals surface area contributed by atoms with Crippen LogP contribution in [-0.4, -0.2) is 19.7 Å². The van der Waals surface area contributed by atoms with Gasteiger partial charge < -0.3 is 15.4 Å². The van der Waals surface area contributed by atoms with Gasteiger partial charge >= 0.3 is 6.03 Å². The van der Waals surface area contributed by atoms with Crippen molar-refractivity contribution < 1.29 is 13.9 Å². The van der Waals surface area contributed by atoms with Gasteiger partial charge in [-0.2, -0.15) is 0 Å². The van der Waals surface area contributed by atoms with E-state index in [0.717, 1.165) is 24.2 Å². The van der Waals surface area contributed by atoms with Gasteiger partial charge in [0.15, 0.2) is 0 Å². The third kappa shape index (κ3) is 3.67. The molecule has 1 fully saturated rings. The highest BCUT2D eigenvalue weighted by Crippen LogP contribution is 2.45. The molecule has 1 saturated carbocycles. The van der Waals surface area contributed by atoms with Crippen molar-refractivity contribution in [3.05, 3.63) is 65.5 Å². The van der Waals surface area contributed by atoms with Crippen molar-refractivity contribution in [1.82, 2.24) is 10.6 Å². The molecule has 0 radical (unpaired) electrons. The SMILES string of the molecule is COc1ccc(C2(NC(=O)NCCc3ccccc3F)CC2)cc1. The third-order valence-electron chi connectivity index (χ3n) is 4.38. The van der Waals surface area contributed by atoms with Gasteiger partial charge in [0.25, 0.3) is 0 Å². The van der Waals surface area contributed by atoms with Gasteiger partial charge in [0.2, 0.25) is 0 Å². The zero-order chi connectivity index (χ0) is 17.0. The predicted molar refractivity (Wildman–Crippen MR) is 90.5 cm³/mol. The van der Waals surface area contributed by atoms with Gasteiger partial charge in [-0.25, -0.2) is 9.18 Å². The Morgan fingerprint density at radius 1 is 1.17 bits per heavy atom. The van der Waals surface area contributed by atoms with Crippen LogP contribution in [0.4, 0.5) is 9.18 Å². The molecule has 2 N–H and O–H groups in total. The lowest BCUT2D eigenvalue weighted by Crippen LogP contribution is -2.42. The molecule has 0 heterocycles. The van der Waals surface area contributed by atoms with Gasteiger partial charge in [-0.1, -0.05) is 30.3 Å². The Labute approximate surface area is 141 Å². The maximum atomic E-state index is 13.5. The summed E-state index contributed by atoms with van der Waals surface area (Å²) in [5.74, 6) is 0.556. The normalized spacial score (nSPS) is 14.8. The van der Waals surface area contributed by atoms with Crippen LogP contribution in [0.5, 0.6) is 5.75 Å². The van der Waals surface area contributed by atoms with Gasteiger partial charge in [0.05, 0.1) is 12.6 Å². The zero-order valence-electron chi connectivity index (χ0n) is 13.6. The summed E-state index contributed by atoms with van der Waals surface area (Å²) in [5, 5.41) is 5.84. The molecule has 0 saturated heterocycles. The van der Waals surface area contributed by atoms with E-state index < -0.39 is 0 Å². The van der Waals surface area contributed by atoms with Gasteiger partial charge in [-0.3, -0.25) is 0 Å². The average molecular weight is 328 g/mol. The Balaban J connectivity index is 1.52. The number of halogens is 1. The fraction of sp³-hybridized carbons (Fsp3) is 0.316. The number of nitrogens with one attached hydrogen (secondary N) is 2. The number of urea groups is 1. The van der Waals surface area contributed by atoms with Crippen molar-refractivity contribution in [2.45, 2.75) is 24.8 Å². The highest BCUT2D eigenvalue weighted by atomic mass is 19.1. The van der Waals surface area contributed by atoms with Crippen LogP contribution in [0.2, 0.25) is 0 Å². The average Bonchev–Trinajstić information content (AvgIpc) is 3.37. The number of carbonyl (C=O) groups is 1. The number of hydrogen-bond acceptors (Lipinski definition) is 2. The van der Waals surface area contributed by atoms with E-state index in [4.69, 9.17) is 4.74 Å². The van der Waals surface area contributed by atoms with Crippen molar-refractivity contribution in [3.8, 4) is 5.75 Å². The van der Waals surface area contributed by atoms with E-state index in [-0.39, 0.29) is 17.4 Å². The molecule has 4 nitrogen and oxygen atoms in total. The molecule has 0 spiro atoms. The van der Waals surface area contributed by atoms with Crippen LogP contribution in [0.25, 0.3) is 0 Å². The number of rotatable bonds is 6. The lowest BCUT2D eigenvalue weighted by atomic mass is 10.1. The fourth-order valence-electron chi connectivity index (χ4n) is 2.79. The van der Waals surface area contributed by atoms with Gasteiger partial charge in [-0.05, 0) is 48.6 Å². The summed E-state index contributed by atoms with van der Waals surface area (Å²) in [4.78, 5) is 12.1. The quantitative estimate of drug-likeness (QED) is 0.854. The van der Waals surface area contributed by atoms with E-state index >= 15 is 0 Å². The Morgan fingerprint density at radius 3 is 2.50 bits per heavy atom. The van der Waals surface area contributed by atoms with Crippen LogP contribution in [0.15, 0.2) is 48.5 Å². The van der Waals surface area contributed by atoms with E-state index in [1.807, 2.05) is 24.3 Å². The zero-order valence-corrected chi connectivity index (χ0v) is 13.6. The molecule has 0 bridgehead atoms. The lowest BCUT2D eigenvalue weighted by Gasteiger charge is -2.19. The summed E-state index contributed by atoms with van der Waals surface area (Å²) < 4.78 is 18.7. The maximum Gasteiger partial charge on any atom is 0.315 e.